The Morgan fingerprint density at radius 3 is 1.76 bits per heavy atom. The molecule has 6 nitrogen and oxygen atoms in total. The van der Waals surface area contributed by atoms with Crippen LogP contribution in [0.2, 0.25) is 25.1 Å². The number of hydrogen-bond acceptors (Lipinski definition) is 5. The lowest BCUT2D eigenvalue weighted by molar-refractivity contribution is -0.190. The van der Waals surface area contributed by atoms with Gasteiger partial charge < -0.3 is 14.6 Å². The van der Waals surface area contributed by atoms with E-state index < -0.39 is 30.1 Å². The van der Waals surface area contributed by atoms with E-state index in [2.05, 4.69) is 0 Å². The molecule has 29 heavy (non-hydrogen) atoms. The molecule has 0 spiro atoms. The fraction of sp³-hybridized carbons (Fsp3) is 0.167. The number of carbonyl (C=O) groups is 3. The van der Waals surface area contributed by atoms with Gasteiger partial charge in [-0.2, -0.15) is 0 Å². The Bertz CT molecular complexity index is 934. The van der Waals surface area contributed by atoms with Crippen molar-refractivity contribution in [1.82, 2.24) is 0 Å². The van der Waals surface area contributed by atoms with Gasteiger partial charge in [0.1, 0.15) is 0 Å². The van der Waals surface area contributed by atoms with E-state index in [0.717, 1.165) is 6.92 Å². The van der Waals surface area contributed by atoms with E-state index in [0.29, 0.717) is 0 Å². The molecule has 0 aliphatic carbocycles. The highest BCUT2D eigenvalue weighted by atomic mass is 35.5. The first kappa shape index (κ1) is 23.6. The van der Waals surface area contributed by atoms with Crippen LogP contribution in [0.4, 0.5) is 0 Å². The molecule has 0 fully saturated rings. The van der Waals surface area contributed by atoms with Crippen LogP contribution in [-0.4, -0.2) is 23.0 Å². The molecule has 2 aromatic carbocycles. The first-order valence-electron chi connectivity index (χ1n) is 7.73. The molecule has 0 aromatic heterocycles. The summed E-state index contributed by atoms with van der Waals surface area (Å²) in [6, 6.07) is 7.60. The summed E-state index contributed by atoms with van der Waals surface area (Å²) >= 11 is 30.2. The molecule has 11 heteroatoms. The highest BCUT2D eigenvalue weighted by Crippen LogP contribution is 2.47. The van der Waals surface area contributed by atoms with Gasteiger partial charge in [-0.25, -0.2) is 0 Å². The third-order valence-electron chi connectivity index (χ3n) is 3.59. The molecule has 0 radical (unpaired) electrons. The van der Waals surface area contributed by atoms with Crippen LogP contribution in [0.15, 0.2) is 30.3 Å². The lowest BCUT2D eigenvalue weighted by Crippen LogP contribution is -2.27. The maximum absolute atomic E-state index is 12.6. The maximum Gasteiger partial charge on any atom is 0.328 e. The van der Waals surface area contributed by atoms with Crippen molar-refractivity contribution < 1.29 is 29.0 Å². The Morgan fingerprint density at radius 2 is 1.31 bits per heavy atom. The van der Waals surface area contributed by atoms with Gasteiger partial charge in [0, 0.05) is 6.92 Å². The van der Waals surface area contributed by atoms with E-state index in [-0.39, 0.29) is 36.2 Å². The van der Waals surface area contributed by atoms with Gasteiger partial charge >= 0.3 is 17.9 Å². The summed E-state index contributed by atoms with van der Waals surface area (Å²) in [6.07, 6.45) is -1.82. The number of esters is 2. The second-order valence-corrected chi connectivity index (χ2v) is 7.43. The van der Waals surface area contributed by atoms with Gasteiger partial charge in [-0.1, -0.05) is 88.3 Å². The number of benzene rings is 2. The molecule has 0 bridgehead atoms. The van der Waals surface area contributed by atoms with Crippen molar-refractivity contribution in [3.05, 3.63) is 66.6 Å². The zero-order valence-corrected chi connectivity index (χ0v) is 18.2. The molecule has 154 valence electrons. The number of hydrogen-bond donors (Lipinski definition) is 1. The van der Waals surface area contributed by atoms with Crippen LogP contribution in [0.5, 0.6) is 0 Å². The van der Waals surface area contributed by atoms with E-state index in [1.54, 1.807) is 18.2 Å². The summed E-state index contributed by atoms with van der Waals surface area (Å²) in [7, 11) is 0. The number of ether oxygens (including phenoxy) is 2. The van der Waals surface area contributed by atoms with Gasteiger partial charge in [-0.05, 0) is 5.56 Å². The Hall–Kier alpha value is -1.70. The summed E-state index contributed by atoms with van der Waals surface area (Å²) < 4.78 is 10.1. The molecular weight excluding hydrogens is 489 g/mol. The Morgan fingerprint density at radius 1 is 0.828 bits per heavy atom. The number of carboxylic acids is 1. The number of carbonyl (C=O) groups excluding carboxylic acids is 2. The fourth-order valence-corrected chi connectivity index (χ4v) is 3.65. The van der Waals surface area contributed by atoms with Gasteiger partial charge in [0.05, 0.1) is 30.7 Å². The van der Waals surface area contributed by atoms with Gasteiger partial charge in [0.2, 0.25) is 0 Å². The highest BCUT2D eigenvalue weighted by Gasteiger charge is 2.36. The Kier molecular flexibility index (Phi) is 8.02. The smallest absolute Gasteiger partial charge is 0.328 e. The predicted molar refractivity (Wildman–Crippen MR) is 109 cm³/mol. The highest BCUT2D eigenvalue weighted by molar-refractivity contribution is 6.55. The largest absolute Gasteiger partial charge is 0.480 e. The molecule has 0 heterocycles. The molecule has 0 aliphatic rings. The first-order chi connectivity index (χ1) is 13.6. The third-order valence-corrected chi connectivity index (χ3v) is 5.90. The lowest BCUT2D eigenvalue weighted by Gasteiger charge is -2.23. The molecule has 0 saturated heterocycles. The minimum atomic E-state index is -1.82. The quantitative estimate of drug-likeness (QED) is 0.174. The van der Waals surface area contributed by atoms with Crippen LogP contribution in [-0.2, 0) is 23.9 Å². The standard InChI is InChI=1S/C18H11Cl5O6/c1-7(24)28-18(10-11(19)13(21)15(23)14(22)12(10)20)29-17(27)9(16(25)26)8-5-3-2-4-6-8/h2-6,9,18H,1H3,(H,25,26). The molecule has 0 aliphatic heterocycles. The molecular formula is C18H11Cl5O6. The molecule has 0 saturated carbocycles. The van der Waals surface area contributed by atoms with Crippen molar-refractivity contribution in [1.29, 1.82) is 0 Å². The number of aliphatic carboxylic acids is 1. The van der Waals surface area contributed by atoms with Crippen LogP contribution in [0, 0.1) is 0 Å². The summed E-state index contributed by atoms with van der Waals surface area (Å²) in [4.78, 5) is 35.8. The van der Waals surface area contributed by atoms with Gasteiger partial charge in [-0.15, -0.1) is 0 Å². The van der Waals surface area contributed by atoms with Crippen molar-refractivity contribution in [2.75, 3.05) is 0 Å². The van der Waals surface area contributed by atoms with Gasteiger partial charge in [0.25, 0.3) is 6.29 Å². The summed E-state index contributed by atoms with van der Waals surface area (Å²) in [5.74, 6) is -5.29. The van der Waals surface area contributed by atoms with E-state index in [1.807, 2.05) is 0 Å². The van der Waals surface area contributed by atoms with Crippen LogP contribution in [0.25, 0.3) is 0 Å². The van der Waals surface area contributed by atoms with Crippen molar-refractivity contribution in [3.8, 4) is 0 Å². The normalized spacial score (nSPS) is 12.8. The van der Waals surface area contributed by atoms with Crippen molar-refractivity contribution in [2.24, 2.45) is 0 Å². The average molecular weight is 501 g/mol. The van der Waals surface area contributed by atoms with E-state index in [9.17, 15) is 19.5 Å². The summed E-state index contributed by atoms with van der Waals surface area (Å²) in [5.41, 5.74) is -0.107. The van der Waals surface area contributed by atoms with Crippen LogP contribution >= 0.6 is 58.0 Å². The minimum Gasteiger partial charge on any atom is -0.480 e. The SMILES string of the molecule is CC(=O)OC(OC(=O)C(C(=O)O)c1ccccc1)c1c(Cl)c(Cl)c(Cl)c(Cl)c1Cl. The predicted octanol–water partition coefficient (Wildman–Crippen LogP) is 5.93. The first-order valence-corrected chi connectivity index (χ1v) is 9.62. The lowest BCUT2D eigenvalue weighted by atomic mass is 9.99. The monoisotopic (exact) mass is 498 g/mol. The topological polar surface area (TPSA) is 89.9 Å². The van der Waals surface area contributed by atoms with E-state index in [4.69, 9.17) is 67.5 Å². The summed E-state index contributed by atoms with van der Waals surface area (Å²) in [6.45, 7) is 1.04. The van der Waals surface area contributed by atoms with E-state index >= 15 is 0 Å². The van der Waals surface area contributed by atoms with Crippen LogP contribution < -0.4 is 0 Å². The number of rotatable bonds is 6. The molecule has 2 atom stereocenters. The van der Waals surface area contributed by atoms with Crippen molar-refractivity contribution in [2.45, 2.75) is 19.1 Å². The van der Waals surface area contributed by atoms with Gasteiger partial charge in [0.15, 0.2) is 5.92 Å². The van der Waals surface area contributed by atoms with Crippen molar-refractivity contribution in [3.63, 3.8) is 0 Å². The second-order valence-electron chi connectivity index (χ2n) is 5.54. The maximum atomic E-state index is 12.6. The Labute approximate surface area is 190 Å². The van der Waals surface area contributed by atoms with Crippen LogP contribution in [0.3, 0.4) is 0 Å². The zero-order valence-electron chi connectivity index (χ0n) is 14.4. The minimum absolute atomic E-state index is 0.149. The fourth-order valence-electron chi connectivity index (χ4n) is 2.32. The van der Waals surface area contributed by atoms with Gasteiger partial charge in [-0.3, -0.25) is 14.4 Å². The molecule has 2 unspecified atom stereocenters. The van der Waals surface area contributed by atoms with E-state index in [1.165, 1.54) is 12.1 Å². The molecule has 0 amide bonds. The summed E-state index contributed by atoms with van der Waals surface area (Å²) in [5, 5.41) is 8.32. The average Bonchev–Trinajstić information content (AvgIpc) is 2.65. The molecule has 1 N–H and O–H groups in total. The Balaban J connectivity index is 2.51. The second kappa shape index (κ2) is 9.87. The third kappa shape index (κ3) is 5.27. The van der Waals surface area contributed by atoms with Crippen LogP contribution in [0.1, 0.15) is 30.3 Å². The van der Waals surface area contributed by atoms with Crippen molar-refractivity contribution >= 4 is 75.9 Å². The molecule has 2 aromatic rings. The molecule has 2 rings (SSSR count). The number of carboxylic acid groups (broad SMARTS) is 1. The zero-order chi connectivity index (χ0) is 21.9. The number of halogens is 5.